The van der Waals surface area contributed by atoms with Gasteiger partial charge in [0.05, 0.1) is 24.4 Å². The lowest BCUT2D eigenvalue weighted by Crippen LogP contribution is -2.26. The average Bonchev–Trinajstić information content (AvgIpc) is 3.29. The summed E-state index contributed by atoms with van der Waals surface area (Å²) < 4.78 is 6.77. The van der Waals surface area contributed by atoms with E-state index < -0.39 is 0 Å². The van der Waals surface area contributed by atoms with Crippen molar-refractivity contribution in [3.63, 3.8) is 0 Å². The van der Waals surface area contributed by atoms with Crippen molar-refractivity contribution in [2.45, 2.75) is 13.0 Å². The summed E-state index contributed by atoms with van der Waals surface area (Å²) in [5.41, 5.74) is 2.98. The highest BCUT2D eigenvalue weighted by molar-refractivity contribution is 5.96. The molecule has 33 heavy (non-hydrogen) atoms. The van der Waals surface area contributed by atoms with Crippen molar-refractivity contribution in [2.24, 2.45) is 0 Å². The number of aromatic nitrogens is 3. The molecule has 0 saturated carbocycles. The first-order valence-corrected chi connectivity index (χ1v) is 10.6. The first kappa shape index (κ1) is 20.5. The number of aromatic amines is 1. The summed E-state index contributed by atoms with van der Waals surface area (Å²) in [6.45, 7) is 1.88. The highest BCUT2D eigenvalue weighted by atomic mass is 16.5. The molecule has 0 saturated heterocycles. The van der Waals surface area contributed by atoms with E-state index in [4.69, 9.17) is 4.74 Å². The first-order chi connectivity index (χ1) is 16.0. The van der Waals surface area contributed by atoms with Gasteiger partial charge in [-0.05, 0) is 35.4 Å². The molecule has 7 nitrogen and oxygen atoms in total. The van der Waals surface area contributed by atoms with Gasteiger partial charge in [-0.15, -0.1) is 0 Å². The fourth-order valence-corrected chi connectivity index (χ4v) is 3.89. The molecule has 5 aromatic rings. The van der Waals surface area contributed by atoms with Crippen LogP contribution < -0.4 is 15.6 Å². The Labute approximate surface area is 189 Å². The number of carbonyl (C=O) groups is 1. The number of benzene rings is 2. The molecular formula is C26H22N4O3. The van der Waals surface area contributed by atoms with Gasteiger partial charge in [-0.1, -0.05) is 42.5 Å². The Morgan fingerprint density at radius 3 is 2.64 bits per heavy atom. The predicted molar refractivity (Wildman–Crippen MR) is 128 cm³/mol. The van der Waals surface area contributed by atoms with E-state index in [2.05, 4.69) is 15.3 Å². The van der Waals surface area contributed by atoms with Gasteiger partial charge >= 0.3 is 0 Å². The number of hydrogen-bond acceptors (Lipinski definition) is 4. The van der Waals surface area contributed by atoms with Gasteiger partial charge in [0.1, 0.15) is 5.52 Å². The Balaban J connectivity index is 1.43. The van der Waals surface area contributed by atoms with Crippen LogP contribution in [-0.2, 0) is 0 Å². The van der Waals surface area contributed by atoms with E-state index in [0.29, 0.717) is 22.7 Å². The van der Waals surface area contributed by atoms with Crippen LogP contribution in [0, 0.1) is 0 Å². The van der Waals surface area contributed by atoms with Crippen molar-refractivity contribution >= 4 is 22.2 Å². The molecule has 1 atom stereocenters. The second-order valence-corrected chi connectivity index (χ2v) is 7.91. The van der Waals surface area contributed by atoms with Crippen LogP contribution in [0.4, 0.5) is 0 Å². The molecule has 0 fully saturated rings. The summed E-state index contributed by atoms with van der Waals surface area (Å²) in [7, 11) is 1.55. The molecule has 3 aromatic heterocycles. The number of rotatable bonds is 5. The van der Waals surface area contributed by atoms with Crippen LogP contribution in [0.15, 0.2) is 84.0 Å². The minimum atomic E-state index is -0.270. The third-order valence-corrected chi connectivity index (χ3v) is 5.74. The van der Waals surface area contributed by atoms with Crippen LogP contribution in [0.3, 0.4) is 0 Å². The van der Waals surface area contributed by atoms with Gasteiger partial charge in [-0.3, -0.25) is 9.59 Å². The Morgan fingerprint density at radius 1 is 1.06 bits per heavy atom. The van der Waals surface area contributed by atoms with Gasteiger partial charge in [0.15, 0.2) is 0 Å². The average molecular weight is 438 g/mol. The lowest BCUT2D eigenvalue weighted by atomic mass is 10.1. The van der Waals surface area contributed by atoms with Crippen LogP contribution in [0.1, 0.15) is 28.9 Å². The second kappa shape index (κ2) is 8.27. The maximum atomic E-state index is 12.9. The maximum absolute atomic E-state index is 12.9. The van der Waals surface area contributed by atoms with E-state index in [1.165, 1.54) is 0 Å². The lowest BCUT2D eigenvalue weighted by Gasteiger charge is -2.13. The van der Waals surface area contributed by atoms with Crippen molar-refractivity contribution < 1.29 is 9.53 Å². The van der Waals surface area contributed by atoms with E-state index in [1.54, 1.807) is 36.0 Å². The van der Waals surface area contributed by atoms with Crippen LogP contribution in [0.25, 0.3) is 27.5 Å². The summed E-state index contributed by atoms with van der Waals surface area (Å²) in [4.78, 5) is 32.7. The summed E-state index contributed by atoms with van der Waals surface area (Å²) >= 11 is 0. The Kier molecular flexibility index (Phi) is 5.14. The third kappa shape index (κ3) is 3.96. The van der Waals surface area contributed by atoms with Crippen LogP contribution in [0.5, 0.6) is 5.88 Å². The number of H-pyrrole nitrogens is 1. The molecular weight excluding hydrogens is 416 g/mol. The number of amides is 1. The fraction of sp³-hybridized carbons (Fsp3) is 0.115. The predicted octanol–water partition coefficient (Wildman–Crippen LogP) is 4.34. The number of carbonyl (C=O) groups excluding carboxylic acids is 1. The van der Waals surface area contributed by atoms with E-state index in [0.717, 1.165) is 21.9 Å². The number of fused-ring (bicyclic) bond motifs is 2. The summed E-state index contributed by atoms with van der Waals surface area (Å²) in [5, 5.41) is 5.17. The van der Waals surface area contributed by atoms with Crippen molar-refractivity contribution in [2.75, 3.05) is 7.11 Å². The topological polar surface area (TPSA) is 88.5 Å². The molecule has 0 aliphatic carbocycles. The number of nitrogens with zero attached hydrogens (tertiary/aromatic N) is 2. The molecule has 5 rings (SSSR count). The Hall–Kier alpha value is -4.39. The minimum absolute atomic E-state index is 0.257. The number of nitrogens with one attached hydrogen (secondary N) is 2. The maximum Gasteiger partial charge on any atom is 0.272 e. The molecule has 0 radical (unpaired) electrons. The largest absolute Gasteiger partial charge is 0.481 e. The van der Waals surface area contributed by atoms with E-state index in [-0.39, 0.29) is 17.5 Å². The van der Waals surface area contributed by atoms with Crippen molar-refractivity contribution in [1.29, 1.82) is 0 Å². The van der Waals surface area contributed by atoms with Gasteiger partial charge in [0.25, 0.3) is 11.5 Å². The molecule has 2 N–H and O–H groups in total. The van der Waals surface area contributed by atoms with Crippen molar-refractivity contribution in [1.82, 2.24) is 19.7 Å². The van der Waals surface area contributed by atoms with E-state index in [9.17, 15) is 9.59 Å². The smallest absolute Gasteiger partial charge is 0.272 e. The summed E-state index contributed by atoms with van der Waals surface area (Å²) in [6, 6.07) is 19.0. The van der Waals surface area contributed by atoms with Crippen LogP contribution in [0.2, 0.25) is 0 Å². The van der Waals surface area contributed by atoms with E-state index >= 15 is 0 Å². The highest BCUT2D eigenvalue weighted by Gasteiger charge is 2.15. The van der Waals surface area contributed by atoms with Gasteiger partial charge in [-0.2, -0.15) is 0 Å². The minimum Gasteiger partial charge on any atom is -0.481 e. The standard InChI is InChI=1S/C26H22N4O3/c1-16(20-9-10-24(33-2)27-13-20)28-25(31)21-12-23-26(32)29-22(15-30(23)14-21)19-8-7-17-5-3-4-6-18(17)11-19/h3-16H,1-2H3,(H,28,31)(H,29,32)/t16-/m1/s1. The quantitative estimate of drug-likeness (QED) is 0.427. The normalized spacial score (nSPS) is 12.1. The van der Waals surface area contributed by atoms with Crippen molar-refractivity contribution in [3.05, 3.63) is 101 Å². The van der Waals surface area contributed by atoms with E-state index in [1.807, 2.05) is 61.7 Å². The zero-order chi connectivity index (χ0) is 22.9. The van der Waals surface area contributed by atoms with Gasteiger partial charge in [-0.25, -0.2) is 4.98 Å². The van der Waals surface area contributed by atoms with Crippen molar-refractivity contribution in [3.8, 4) is 17.1 Å². The third-order valence-electron chi connectivity index (χ3n) is 5.74. The Morgan fingerprint density at radius 2 is 1.88 bits per heavy atom. The molecule has 7 heteroatoms. The zero-order valence-electron chi connectivity index (χ0n) is 18.2. The van der Waals surface area contributed by atoms with Crippen LogP contribution >= 0.6 is 0 Å². The number of ether oxygens (including phenoxy) is 1. The van der Waals surface area contributed by atoms with Gasteiger partial charge < -0.3 is 19.4 Å². The highest BCUT2D eigenvalue weighted by Crippen LogP contribution is 2.23. The molecule has 2 aromatic carbocycles. The van der Waals surface area contributed by atoms with Gasteiger partial charge in [0.2, 0.25) is 5.88 Å². The van der Waals surface area contributed by atoms with Gasteiger partial charge in [0, 0.05) is 30.2 Å². The molecule has 0 aliphatic rings. The molecule has 0 unspecified atom stereocenters. The Bertz CT molecular complexity index is 1530. The molecule has 3 heterocycles. The molecule has 0 aliphatic heterocycles. The molecule has 0 spiro atoms. The zero-order valence-corrected chi connectivity index (χ0v) is 18.2. The number of pyridine rings is 1. The summed E-state index contributed by atoms with van der Waals surface area (Å²) in [6.07, 6.45) is 5.17. The van der Waals surface area contributed by atoms with Crippen LogP contribution in [-0.4, -0.2) is 27.4 Å². The summed E-state index contributed by atoms with van der Waals surface area (Å²) in [5.74, 6) is 0.242. The second-order valence-electron chi connectivity index (χ2n) is 7.91. The first-order valence-electron chi connectivity index (χ1n) is 10.6. The molecule has 0 bridgehead atoms. The molecule has 1 amide bonds. The lowest BCUT2D eigenvalue weighted by molar-refractivity contribution is 0.0940. The number of methoxy groups -OCH3 is 1. The monoisotopic (exact) mass is 438 g/mol. The fourth-order valence-electron chi connectivity index (χ4n) is 3.89. The number of hydrogen-bond donors (Lipinski definition) is 2. The molecule has 164 valence electrons. The SMILES string of the molecule is COc1ccc([C@@H](C)NC(=O)c2cc3c(=O)[nH]c(-c4ccc5ccccc5c4)cn3c2)cn1.